The van der Waals surface area contributed by atoms with Gasteiger partial charge in [-0.3, -0.25) is 9.80 Å². The van der Waals surface area contributed by atoms with Crippen LogP contribution in [0.25, 0.3) is 0 Å². The van der Waals surface area contributed by atoms with Crippen LogP contribution < -0.4 is 4.74 Å². The fraction of sp³-hybridized carbons (Fsp3) is 0.684. The van der Waals surface area contributed by atoms with Crippen molar-refractivity contribution in [2.45, 2.75) is 31.5 Å². The molecule has 2 heterocycles. The van der Waals surface area contributed by atoms with E-state index in [2.05, 4.69) is 21.9 Å². The van der Waals surface area contributed by atoms with E-state index in [1.165, 1.54) is 24.9 Å². The highest BCUT2D eigenvalue weighted by Crippen LogP contribution is 2.38. The molecule has 132 valence electrons. The predicted octanol–water partition coefficient (Wildman–Crippen LogP) is 1.35. The first-order valence-electron chi connectivity index (χ1n) is 9.22. The van der Waals surface area contributed by atoms with Crippen LogP contribution in [-0.4, -0.2) is 73.1 Å². The second-order valence-corrected chi connectivity index (χ2v) is 7.29. The van der Waals surface area contributed by atoms with E-state index < -0.39 is 0 Å². The Kier molecular flexibility index (Phi) is 5.03. The number of aliphatic hydroxyl groups is 1. The molecule has 1 aliphatic carbocycles. The quantitative estimate of drug-likeness (QED) is 0.852. The highest BCUT2D eigenvalue weighted by atomic mass is 16.5. The summed E-state index contributed by atoms with van der Waals surface area (Å²) in [6.07, 6.45) is 2.79. The van der Waals surface area contributed by atoms with Crippen LogP contribution in [-0.2, 0) is 11.3 Å². The van der Waals surface area contributed by atoms with E-state index in [4.69, 9.17) is 14.6 Å². The van der Waals surface area contributed by atoms with Crippen molar-refractivity contribution in [2.24, 2.45) is 5.92 Å². The number of fused-ring (bicyclic) bond motifs is 1. The molecule has 3 aliphatic rings. The van der Waals surface area contributed by atoms with Gasteiger partial charge in [-0.25, -0.2) is 0 Å². The first-order valence-corrected chi connectivity index (χ1v) is 9.22. The Morgan fingerprint density at radius 1 is 1.12 bits per heavy atom. The number of benzene rings is 1. The molecule has 0 aromatic heterocycles. The monoisotopic (exact) mass is 332 g/mol. The van der Waals surface area contributed by atoms with Crippen LogP contribution in [0.2, 0.25) is 0 Å². The number of ether oxygens (including phenoxy) is 2. The Morgan fingerprint density at radius 3 is 2.71 bits per heavy atom. The van der Waals surface area contributed by atoms with Crippen molar-refractivity contribution in [3.8, 4) is 5.75 Å². The van der Waals surface area contributed by atoms with Gasteiger partial charge in [-0.2, -0.15) is 0 Å². The summed E-state index contributed by atoms with van der Waals surface area (Å²) in [6.45, 7) is 6.63. The number of piperazine rings is 1. The van der Waals surface area contributed by atoms with E-state index in [0.29, 0.717) is 18.7 Å². The molecule has 2 aliphatic heterocycles. The molecule has 2 saturated heterocycles. The van der Waals surface area contributed by atoms with E-state index >= 15 is 0 Å². The second-order valence-electron chi connectivity index (χ2n) is 7.29. The zero-order chi connectivity index (χ0) is 16.4. The molecule has 0 unspecified atom stereocenters. The lowest BCUT2D eigenvalue weighted by Gasteiger charge is -2.48. The maximum absolute atomic E-state index is 8.80. The summed E-state index contributed by atoms with van der Waals surface area (Å²) in [7, 11) is 0. The van der Waals surface area contributed by atoms with Crippen molar-refractivity contribution in [3.63, 3.8) is 0 Å². The molecule has 1 saturated carbocycles. The molecule has 3 fully saturated rings. The van der Waals surface area contributed by atoms with E-state index in [0.717, 1.165) is 44.5 Å². The van der Waals surface area contributed by atoms with Crippen molar-refractivity contribution in [1.82, 2.24) is 9.80 Å². The topological polar surface area (TPSA) is 45.2 Å². The fourth-order valence-electron chi connectivity index (χ4n) is 4.08. The lowest BCUT2D eigenvalue weighted by Crippen LogP contribution is -2.62. The van der Waals surface area contributed by atoms with Gasteiger partial charge in [0.15, 0.2) is 0 Å². The van der Waals surface area contributed by atoms with Gasteiger partial charge in [0, 0.05) is 38.3 Å². The summed E-state index contributed by atoms with van der Waals surface area (Å²) in [6, 6.07) is 9.48. The molecule has 5 heteroatoms. The van der Waals surface area contributed by atoms with Crippen LogP contribution >= 0.6 is 0 Å². The van der Waals surface area contributed by atoms with Crippen molar-refractivity contribution < 1.29 is 14.6 Å². The number of morpholine rings is 1. The summed E-state index contributed by atoms with van der Waals surface area (Å²) in [5, 5.41) is 8.80. The standard InChI is InChI=1S/C19H28N2O3/c22-9-10-24-18-5-1-15(2-6-18)11-20-7-8-21-17(12-20)13-23-14-19(21)16-3-4-16/h1-2,5-6,16-17,19,22H,3-4,7-14H2/t17-,19-/m1/s1. The molecule has 1 N–H and O–H groups in total. The SMILES string of the molecule is OCCOc1ccc(CN2CCN3[C@@H](COC[C@@H]3C3CC3)C2)cc1. The molecular formula is C19H28N2O3. The van der Waals surface area contributed by atoms with Gasteiger partial charge in [-0.1, -0.05) is 12.1 Å². The summed E-state index contributed by atoms with van der Waals surface area (Å²) in [5.74, 6) is 1.72. The van der Waals surface area contributed by atoms with Gasteiger partial charge in [0.05, 0.1) is 19.8 Å². The molecule has 0 amide bonds. The van der Waals surface area contributed by atoms with Gasteiger partial charge in [0.25, 0.3) is 0 Å². The third kappa shape index (κ3) is 3.75. The summed E-state index contributed by atoms with van der Waals surface area (Å²) < 4.78 is 11.3. The number of nitrogens with zero attached hydrogens (tertiary/aromatic N) is 2. The third-order valence-corrected chi connectivity index (χ3v) is 5.49. The van der Waals surface area contributed by atoms with Gasteiger partial charge in [0.1, 0.15) is 12.4 Å². The van der Waals surface area contributed by atoms with E-state index in [9.17, 15) is 0 Å². The smallest absolute Gasteiger partial charge is 0.119 e. The molecular weight excluding hydrogens is 304 g/mol. The minimum Gasteiger partial charge on any atom is -0.491 e. The third-order valence-electron chi connectivity index (χ3n) is 5.49. The number of hydrogen-bond donors (Lipinski definition) is 1. The summed E-state index contributed by atoms with van der Waals surface area (Å²) in [4.78, 5) is 5.27. The molecule has 0 spiro atoms. The fourth-order valence-corrected chi connectivity index (χ4v) is 4.08. The molecule has 1 aromatic carbocycles. The number of aliphatic hydroxyl groups excluding tert-OH is 1. The van der Waals surface area contributed by atoms with E-state index in [1.807, 2.05) is 12.1 Å². The van der Waals surface area contributed by atoms with Crippen molar-refractivity contribution in [3.05, 3.63) is 29.8 Å². The maximum Gasteiger partial charge on any atom is 0.119 e. The predicted molar refractivity (Wildman–Crippen MR) is 92.1 cm³/mol. The molecule has 4 rings (SSSR count). The van der Waals surface area contributed by atoms with Crippen LogP contribution in [0.1, 0.15) is 18.4 Å². The molecule has 1 aromatic rings. The molecule has 2 atom stereocenters. The van der Waals surface area contributed by atoms with Crippen LogP contribution in [0.3, 0.4) is 0 Å². The lowest BCUT2D eigenvalue weighted by atomic mass is 10.0. The Balaban J connectivity index is 1.31. The van der Waals surface area contributed by atoms with Gasteiger partial charge >= 0.3 is 0 Å². The zero-order valence-electron chi connectivity index (χ0n) is 14.3. The zero-order valence-corrected chi connectivity index (χ0v) is 14.3. The second kappa shape index (κ2) is 7.40. The molecule has 24 heavy (non-hydrogen) atoms. The van der Waals surface area contributed by atoms with Gasteiger partial charge in [-0.05, 0) is 36.5 Å². The first-order chi connectivity index (χ1) is 11.8. The minimum absolute atomic E-state index is 0.0529. The largest absolute Gasteiger partial charge is 0.491 e. The van der Waals surface area contributed by atoms with Crippen LogP contribution in [0.4, 0.5) is 0 Å². The Labute approximate surface area is 144 Å². The van der Waals surface area contributed by atoms with Crippen molar-refractivity contribution >= 4 is 0 Å². The lowest BCUT2D eigenvalue weighted by molar-refractivity contribution is -0.0880. The van der Waals surface area contributed by atoms with Crippen LogP contribution in [0.5, 0.6) is 5.75 Å². The summed E-state index contributed by atoms with van der Waals surface area (Å²) >= 11 is 0. The van der Waals surface area contributed by atoms with Gasteiger partial charge in [-0.15, -0.1) is 0 Å². The molecule has 5 nitrogen and oxygen atoms in total. The van der Waals surface area contributed by atoms with Gasteiger partial charge < -0.3 is 14.6 Å². The number of rotatable bonds is 6. The van der Waals surface area contributed by atoms with Crippen molar-refractivity contribution in [1.29, 1.82) is 0 Å². The molecule has 0 radical (unpaired) electrons. The van der Waals surface area contributed by atoms with Crippen molar-refractivity contribution in [2.75, 3.05) is 46.1 Å². The number of hydrogen-bond acceptors (Lipinski definition) is 5. The summed E-state index contributed by atoms with van der Waals surface area (Å²) in [5.41, 5.74) is 1.32. The molecule has 0 bridgehead atoms. The Hall–Kier alpha value is -1.14. The highest BCUT2D eigenvalue weighted by Gasteiger charge is 2.42. The van der Waals surface area contributed by atoms with E-state index in [-0.39, 0.29) is 6.61 Å². The average molecular weight is 332 g/mol. The minimum atomic E-state index is 0.0529. The van der Waals surface area contributed by atoms with Gasteiger partial charge in [0.2, 0.25) is 0 Å². The van der Waals surface area contributed by atoms with Crippen LogP contribution in [0.15, 0.2) is 24.3 Å². The Morgan fingerprint density at radius 2 is 1.96 bits per heavy atom. The highest BCUT2D eigenvalue weighted by molar-refractivity contribution is 5.27. The maximum atomic E-state index is 8.80. The normalized spacial score (nSPS) is 28.5. The van der Waals surface area contributed by atoms with E-state index in [1.54, 1.807) is 0 Å². The van der Waals surface area contributed by atoms with Crippen LogP contribution in [0, 0.1) is 5.92 Å². The average Bonchev–Trinajstić information content (AvgIpc) is 3.45. The first kappa shape index (κ1) is 16.3. The Bertz CT molecular complexity index is 532.